The van der Waals surface area contributed by atoms with Crippen LogP contribution in [-0.4, -0.2) is 66.0 Å². The Balaban J connectivity index is 2.32. The van der Waals surface area contributed by atoms with Gasteiger partial charge in [-0.3, -0.25) is 14.3 Å². The number of benzene rings is 1. The summed E-state index contributed by atoms with van der Waals surface area (Å²) in [6.07, 6.45) is -0.785. The second-order valence-corrected chi connectivity index (χ2v) is 11.0. The van der Waals surface area contributed by atoms with Gasteiger partial charge in [0.1, 0.15) is 29.5 Å². The van der Waals surface area contributed by atoms with E-state index in [-0.39, 0.29) is 22.8 Å². The molecule has 0 aliphatic rings. The van der Waals surface area contributed by atoms with Crippen LogP contribution < -0.4 is 15.4 Å². The molecule has 0 fully saturated rings. The van der Waals surface area contributed by atoms with Crippen LogP contribution in [0.2, 0.25) is 0 Å². The number of rotatable bonds is 13. The molecule has 0 spiro atoms. The number of nitrogens with one attached hydrogen (secondary N) is 3. The molecule has 1 heterocycles. The van der Waals surface area contributed by atoms with E-state index in [0.717, 1.165) is 36.1 Å². The predicted octanol–water partition coefficient (Wildman–Crippen LogP) is 1.55. The van der Waals surface area contributed by atoms with Crippen LogP contribution in [0.15, 0.2) is 23.6 Å². The number of anilines is 1. The van der Waals surface area contributed by atoms with Gasteiger partial charge in [0, 0.05) is 18.4 Å². The van der Waals surface area contributed by atoms with E-state index < -0.39 is 57.8 Å². The summed E-state index contributed by atoms with van der Waals surface area (Å²) >= 11 is 0.854. The van der Waals surface area contributed by atoms with Gasteiger partial charge in [0.2, 0.25) is 15.9 Å². The van der Waals surface area contributed by atoms with Crippen molar-refractivity contribution in [3.63, 3.8) is 0 Å². The molecule has 10 nitrogen and oxygen atoms in total. The molecule has 14 heteroatoms. The van der Waals surface area contributed by atoms with Crippen molar-refractivity contribution in [1.82, 2.24) is 15.6 Å². The molecule has 2 amide bonds. The summed E-state index contributed by atoms with van der Waals surface area (Å²) in [5.74, 6) is -2.96. The first-order valence-electron chi connectivity index (χ1n) is 11.1. The maximum Gasteiger partial charge on any atom is 0.271 e. The fraction of sp³-hybridized carbons (Fsp3) is 0.500. The third-order valence-corrected chi connectivity index (χ3v) is 6.59. The number of nitrogens with zero attached hydrogens (tertiary/aromatic N) is 1. The van der Waals surface area contributed by atoms with Crippen LogP contribution in [-0.2, 0) is 21.2 Å². The summed E-state index contributed by atoms with van der Waals surface area (Å²) in [4.78, 5) is 28.4. The number of hydrogen-bond donors (Lipinski definition) is 5. The van der Waals surface area contributed by atoms with Crippen LogP contribution in [0.1, 0.15) is 49.2 Å². The second kappa shape index (κ2) is 13.0. The first-order valence-corrected chi connectivity index (χ1v) is 13.9. The van der Waals surface area contributed by atoms with Gasteiger partial charge < -0.3 is 20.8 Å². The first kappa shape index (κ1) is 29.5. The summed E-state index contributed by atoms with van der Waals surface area (Å²) in [6, 6.07) is 0.637. The molecule has 0 radical (unpaired) electrons. The number of aromatic nitrogens is 1. The number of hydrogen-bond acceptors (Lipinski definition) is 8. The fourth-order valence-corrected chi connectivity index (χ4v) is 5.10. The Morgan fingerprint density at radius 1 is 1.08 bits per heavy atom. The van der Waals surface area contributed by atoms with Crippen molar-refractivity contribution in [2.45, 2.75) is 63.8 Å². The van der Waals surface area contributed by atoms with Gasteiger partial charge in [-0.2, -0.15) is 0 Å². The monoisotopic (exact) mass is 548 g/mol. The quantitative estimate of drug-likeness (QED) is 0.254. The van der Waals surface area contributed by atoms with E-state index in [9.17, 15) is 37.0 Å². The number of sulfonamides is 1. The largest absolute Gasteiger partial charge is 0.388 e. The van der Waals surface area contributed by atoms with Gasteiger partial charge >= 0.3 is 0 Å². The van der Waals surface area contributed by atoms with E-state index in [4.69, 9.17) is 0 Å². The smallest absolute Gasteiger partial charge is 0.271 e. The third-order valence-electron chi connectivity index (χ3n) is 5.14. The predicted molar refractivity (Wildman–Crippen MR) is 131 cm³/mol. The van der Waals surface area contributed by atoms with Gasteiger partial charge in [-0.05, 0) is 30.5 Å². The minimum Gasteiger partial charge on any atom is -0.388 e. The molecule has 4 atom stereocenters. The minimum atomic E-state index is -3.63. The zero-order valence-corrected chi connectivity index (χ0v) is 21.6. The lowest BCUT2D eigenvalue weighted by Crippen LogP contribution is -2.56. The Labute approximate surface area is 212 Å². The standard InChI is InChI=1S/C22H30F2N4O6S2/c1-4-5-6-16(25-12(2)29)19(30)20(31)17(9-13-7-14(23)10-15(24)8-13)26-21(32)18-11-35-22(27-18)28-36(3,33)34/h7-8,10-11,16-17,19-20,30-31H,4-6,9H2,1-3H3,(H,25,29)(H,26,32)(H,27,28). The third kappa shape index (κ3) is 9.41. The van der Waals surface area contributed by atoms with Crippen molar-refractivity contribution in [2.24, 2.45) is 0 Å². The van der Waals surface area contributed by atoms with E-state index in [1.54, 1.807) is 0 Å². The molecule has 0 aliphatic heterocycles. The highest BCUT2D eigenvalue weighted by atomic mass is 32.2. The van der Waals surface area contributed by atoms with Crippen molar-refractivity contribution < 1.29 is 37.0 Å². The van der Waals surface area contributed by atoms with Crippen LogP contribution in [0.5, 0.6) is 0 Å². The Morgan fingerprint density at radius 3 is 2.25 bits per heavy atom. The van der Waals surface area contributed by atoms with Gasteiger partial charge in [-0.15, -0.1) is 11.3 Å². The molecular formula is C22H30F2N4O6S2. The van der Waals surface area contributed by atoms with Crippen LogP contribution in [0.25, 0.3) is 0 Å². The number of aliphatic hydroxyl groups is 2. The Bertz CT molecular complexity index is 1140. The molecule has 5 N–H and O–H groups in total. The molecule has 36 heavy (non-hydrogen) atoms. The molecule has 0 aliphatic carbocycles. The van der Waals surface area contributed by atoms with E-state index in [1.807, 2.05) is 6.92 Å². The van der Waals surface area contributed by atoms with Crippen molar-refractivity contribution in [2.75, 3.05) is 11.0 Å². The fourth-order valence-electron chi connectivity index (χ4n) is 3.56. The zero-order chi connectivity index (χ0) is 27.0. The molecule has 2 aromatic rings. The number of thiazole rings is 1. The summed E-state index contributed by atoms with van der Waals surface area (Å²) in [5.41, 5.74) is -0.0703. The lowest BCUT2D eigenvalue weighted by atomic mass is 9.91. The molecule has 1 aromatic heterocycles. The highest BCUT2D eigenvalue weighted by molar-refractivity contribution is 7.92. The maximum absolute atomic E-state index is 13.8. The van der Waals surface area contributed by atoms with Crippen molar-refractivity contribution >= 4 is 38.3 Å². The zero-order valence-electron chi connectivity index (χ0n) is 20.0. The van der Waals surface area contributed by atoms with Crippen molar-refractivity contribution in [3.8, 4) is 0 Å². The average Bonchev–Trinajstić information content (AvgIpc) is 3.21. The number of amides is 2. The maximum atomic E-state index is 13.8. The Kier molecular flexibility index (Phi) is 10.7. The summed E-state index contributed by atoms with van der Waals surface area (Å²) in [7, 11) is -3.63. The molecule has 1 aromatic carbocycles. The number of carbonyl (C=O) groups excluding carboxylic acids is 2. The SMILES string of the molecule is CCCCC(NC(C)=O)C(O)C(O)C(Cc1cc(F)cc(F)c1)NC(=O)c1csc(NS(C)(=O)=O)n1. The van der Waals surface area contributed by atoms with Gasteiger partial charge in [-0.25, -0.2) is 22.2 Å². The number of carbonyl (C=O) groups is 2. The van der Waals surface area contributed by atoms with E-state index in [0.29, 0.717) is 18.9 Å². The van der Waals surface area contributed by atoms with Crippen LogP contribution >= 0.6 is 11.3 Å². The topological polar surface area (TPSA) is 158 Å². The molecule has 0 saturated carbocycles. The summed E-state index contributed by atoms with van der Waals surface area (Å²) in [6.45, 7) is 3.17. The Morgan fingerprint density at radius 2 is 1.69 bits per heavy atom. The number of halogens is 2. The summed E-state index contributed by atoms with van der Waals surface area (Å²) < 4.78 is 52.5. The van der Waals surface area contributed by atoms with Crippen LogP contribution in [0.3, 0.4) is 0 Å². The normalized spacial score (nSPS) is 15.0. The van der Waals surface area contributed by atoms with Gasteiger partial charge in [0.25, 0.3) is 5.91 Å². The first-order chi connectivity index (χ1) is 16.8. The molecular weight excluding hydrogens is 518 g/mol. The molecule has 2 rings (SSSR count). The van der Waals surface area contributed by atoms with Gasteiger partial charge in [0.15, 0.2) is 5.13 Å². The van der Waals surface area contributed by atoms with E-state index in [1.165, 1.54) is 12.3 Å². The van der Waals surface area contributed by atoms with Crippen molar-refractivity contribution in [3.05, 3.63) is 46.5 Å². The van der Waals surface area contributed by atoms with Crippen LogP contribution in [0, 0.1) is 11.6 Å². The molecule has 4 unspecified atom stereocenters. The molecule has 200 valence electrons. The minimum absolute atomic E-state index is 0.0581. The lowest BCUT2D eigenvalue weighted by Gasteiger charge is -2.32. The second-order valence-electron chi connectivity index (χ2n) is 8.40. The highest BCUT2D eigenvalue weighted by Gasteiger charge is 2.34. The van der Waals surface area contributed by atoms with E-state index in [2.05, 4.69) is 20.3 Å². The van der Waals surface area contributed by atoms with E-state index >= 15 is 0 Å². The molecule has 0 bridgehead atoms. The Hall–Kier alpha value is -2.68. The summed E-state index contributed by atoms with van der Waals surface area (Å²) in [5, 5.41) is 28.2. The number of aliphatic hydroxyl groups excluding tert-OH is 2. The van der Waals surface area contributed by atoms with Gasteiger partial charge in [0.05, 0.1) is 18.3 Å². The molecule has 0 saturated heterocycles. The number of unbranched alkanes of at least 4 members (excludes halogenated alkanes) is 1. The van der Waals surface area contributed by atoms with Crippen molar-refractivity contribution in [1.29, 1.82) is 0 Å². The van der Waals surface area contributed by atoms with Gasteiger partial charge in [-0.1, -0.05) is 19.8 Å². The van der Waals surface area contributed by atoms with Crippen LogP contribution in [0.4, 0.5) is 13.9 Å². The lowest BCUT2D eigenvalue weighted by molar-refractivity contribution is -0.121. The average molecular weight is 549 g/mol. The highest BCUT2D eigenvalue weighted by Crippen LogP contribution is 2.19.